The highest BCUT2D eigenvalue weighted by molar-refractivity contribution is 7.89. The number of hydrogen-bond donors (Lipinski definition) is 1. The van der Waals surface area contributed by atoms with Crippen LogP contribution in [0, 0.1) is 17.6 Å². The van der Waals surface area contributed by atoms with Crippen LogP contribution in [0.5, 0.6) is 0 Å². The van der Waals surface area contributed by atoms with E-state index in [1.807, 2.05) is 6.92 Å². The Morgan fingerprint density at radius 3 is 2.33 bits per heavy atom. The highest BCUT2D eigenvalue weighted by atomic mass is 32.2. The zero-order chi connectivity index (χ0) is 20.2. The van der Waals surface area contributed by atoms with Gasteiger partial charge in [-0.05, 0) is 24.6 Å². The fraction of sp³-hybridized carbons (Fsp3) is 0.529. The van der Waals surface area contributed by atoms with Crippen molar-refractivity contribution in [1.82, 2.24) is 14.5 Å². The predicted molar refractivity (Wildman–Crippen MR) is 94.2 cm³/mol. The number of amides is 2. The molecule has 2 rings (SSSR count). The lowest BCUT2D eigenvalue weighted by atomic mass is 10.1. The lowest BCUT2D eigenvalue weighted by Gasteiger charge is -2.34. The summed E-state index contributed by atoms with van der Waals surface area (Å²) in [5.74, 6) is -3.04. The summed E-state index contributed by atoms with van der Waals surface area (Å²) < 4.78 is 52.5. The minimum absolute atomic E-state index is 0.0341. The Hall–Kier alpha value is -2.07. The van der Waals surface area contributed by atoms with Crippen LogP contribution in [0.25, 0.3) is 0 Å². The third-order valence-electron chi connectivity index (χ3n) is 4.59. The number of carbonyl (C=O) groups excluding carboxylic acids is 2. The van der Waals surface area contributed by atoms with Crippen molar-refractivity contribution in [3.63, 3.8) is 0 Å². The first-order valence-corrected chi connectivity index (χ1v) is 10.1. The molecule has 1 fully saturated rings. The molecular formula is C17H23F2N3O4S. The molecule has 1 aromatic carbocycles. The van der Waals surface area contributed by atoms with Gasteiger partial charge in [0.15, 0.2) is 11.6 Å². The molecule has 1 atom stereocenters. The van der Waals surface area contributed by atoms with Crippen LogP contribution >= 0.6 is 0 Å². The Balaban J connectivity index is 1.93. The molecule has 0 aromatic heterocycles. The summed E-state index contributed by atoms with van der Waals surface area (Å²) in [6, 6.07) is 2.42. The average Bonchev–Trinajstić information content (AvgIpc) is 2.67. The number of benzene rings is 1. The molecule has 1 heterocycles. The van der Waals surface area contributed by atoms with Crippen LogP contribution in [0.15, 0.2) is 23.1 Å². The van der Waals surface area contributed by atoms with Gasteiger partial charge in [-0.2, -0.15) is 4.31 Å². The van der Waals surface area contributed by atoms with E-state index in [1.54, 1.807) is 6.92 Å². The van der Waals surface area contributed by atoms with Crippen LogP contribution in [-0.2, 0) is 19.6 Å². The number of halogens is 2. The van der Waals surface area contributed by atoms with Crippen molar-refractivity contribution >= 4 is 21.8 Å². The quantitative estimate of drug-likeness (QED) is 0.767. The van der Waals surface area contributed by atoms with Gasteiger partial charge in [0.25, 0.3) is 0 Å². The number of rotatable bonds is 6. The summed E-state index contributed by atoms with van der Waals surface area (Å²) in [5.41, 5.74) is 0. The van der Waals surface area contributed by atoms with Gasteiger partial charge in [0.1, 0.15) is 0 Å². The SMILES string of the molecule is CCC(C)C(=O)NCC(=O)N1CCN(S(=O)(=O)c2ccc(F)c(F)c2)CC1. The molecule has 150 valence electrons. The lowest BCUT2D eigenvalue weighted by molar-refractivity contribution is -0.134. The van der Waals surface area contributed by atoms with Gasteiger partial charge in [0.2, 0.25) is 21.8 Å². The highest BCUT2D eigenvalue weighted by Crippen LogP contribution is 2.20. The second-order valence-corrected chi connectivity index (χ2v) is 8.33. The summed E-state index contributed by atoms with van der Waals surface area (Å²) in [7, 11) is -3.97. The van der Waals surface area contributed by atoms with Crippen LogP contribution in [0.2, 0.25) is 0 Å². The molecule has 0 aliphatic carbocycles. The van der Waals surface area contributed by atoms with E-state index in [-0.39, 0.29) is 55.4 Å². The molecule has 1 saturated heterocycles. The normalized spacial score (nSPS) is 16.8. The van der Waals surface area contributed by atoms with Gasteiger partial charge in [-0.1, -0.05) is 13.8 Å². The standard InChI is InChI=1S/C17H23F2N3O4S/c1-3-12(2)17(24)20-11-16(23)21-6-8-22(9-7-21)27(25,26)13-4-5-14(18)15(19)10-13/h4-5,10,12H,3,6-9,11H2,1-2H3,(H,20,24). The molecule has 27 heavy (non-hydrogen) atoms. The van der Waals surface area contributed by atoms with Gasteiger partial charge >= 0.3 is 0 Å². The fourth-order valence-corrected chi connectivity index (χ4v) is 4.03. The smallest absolute Gasteiger partial charge is 0.243 e. The molecule has 1 N–H and O–H groups in total. The van der Waals surface area contributed by atoms with E-state index in [4.69, 9.17) is 0 Å². The Bertz CT molecular complexity index is 808. The van der Waals surface area contributed by atoms with E-state index in [2.05, 4.69) is 5.32 Å². The molecule has 1 aromatic rings. The number of piperazine rings is 1. The molecule has 10 heteroatoms. The van der Waals surface area contributed by atoms with Gasteiger partial charge in [-0.15, -0.1) is 0 Å². The van der Waals surface area contributed by atoms with E-state index >= 15 is 0 Å². The zero-order valence-corrected chi connectivity index (χ0v) is 16.1. The number of hydrogen-bond acceptors (Lipinski definition) is 4. The summed E-state index contributed by atoms with van der Waals surface area (Å²) in [6.07, 6.45) is 0.667. The first-order chi connectivity index (χ1) is 12.7. The van der Waals surface area contributed by atoms with Gasteiger partial charge in [-0.25, -0.2) is 17.2 Å². The average molecular weight is 403 g/mol. The maximum atomic E-state index is 13.3. The first-order valence-electron chi connectivity index (χ1n) is 8.67. The number of sulfonamides is 1. The van der Waals surface area contributed by atoms with Crippen LogP contribution in [0.1, 0.15) is 20.3 Å². The molecule has 0 saturated carbocycles. The Morgan fingerprint density at radius 2 is 1.78 bits per heavy atom. The van der Waals surface area contributed by atoms with Gasteiger partial charge < -0.3 is 10.2 Å². The van der Waals surface area contributed by atoms with E-state index in [9.17, 15) is 26.8 Å². The molecule has 1 unspecified atom stereocenters. The second-order valence-electron chi connectivity index (χ2n) is 6.39. The van der Waals surface area contributed by atoms with Crippen molar-refractivity contribution in [2.24, 2.45) is 5.92 Å². The third-order valence-corrected chi connectivity index (χ3v) is 6.49. The fourth-order valence-electron chi connectivity index (χ4n) is 2.60. The summed E-state index contributed by atoms with van der Waals surface area (Å²) in [4.78, 5) is 25.0. The number of nitrogens with one attached hydrogen (secondary N) is 1. The van der Waals surface area contributed by atoms with E-state index in [0.29, 0.717) is 12.5 Å². The third kappa shape index (κ3) is 5.01. The predicted octanol–water partition coefficient (Wildman–Crippen LogP) is 0.960. The van der Waals surface area contributed by atoms with Crippen LogP contribution < -0.4 is 5.32 Å². The molecule has 1 aliphatic heterocycles. The number of nitrogens with zero attached hydrogens (tertiary/aromatic N) is 2. The molecule has 7 nitrogen and oxygen atoms in total. The summed E-state index contributed by atoms with van der Waals surface area (Å²) >= 11 is 0. The molecule has 0 radical (unpaired) electrons. The Kier molecular flexibility index (Phi) is 6.88. The lowest BCUT2D eigenvalue weighted by Crippen LogP contribution is -2.52. The van der Waals surface area contributed by atoms with Crippen molar-refractivity contribution in [1.29, 1.82) is 0 Å². The van der Waals surface area contributed by atoms with E-state index in [0.717, 1.165) is 16.4 Å². The minimum atomic E-state index is -3.97. The first kappa shape index (κ1) is 21.2. The minimum Gasteiger partial charge on any atom is -0.347 e. The highest BCUT2D eigenvalue weighted by Gasteiger charge is 2.30. The largest absolute Gasteiger partial charge is 0.347 e. The van der Waals surface area contributed by atoms with Gasteiger partial charge in [0.05, 0.1) is 11.4 Å². The summed E-state index contributed by atoms with van der Waals surface area (Å²) in [6.45, 7) is 3.88. The summed E-state index contributed by atoms with van der Waals surface area (Å²) in [5, 5.41) is 2.57. The number of carbonyl (C=O) groups is 2. The van der Waals surface area contributed by atoms with Crippen molar-refractivity contribution in [2.75, 3.05) is 32.7 Å². The maximum Gasteiger partial charge on any atom is 0.243 e. The molecule has 2 amide bonds. The molecule has 0 bridgehead atoms. The van der Waals surface area contributed by atoms with Crippen molar-refractivity contribution in [3.8, 4) is 0 Å². The van der Waals surface area contributed by atoms with Crippen molar-refractivity contribution < 1.29 is 26.8 Å². The topological polar surface area (TPSA) is 86.8 Å². The Morgan fingerprint density at radius 1 is 1.15 bits per heavy atom. The maximum absolute atomic E-state index is 13.3. The zero-order valence-electron chi connectivity index (χ0n) is 15.2. The van der Waals surface area contributed by atoms with Crippen molar-refractivity contribution in [3.05, 3.63) is 29.8 Å². The van der Waals surface area contributed by atoms with E-state index in [1.165, 1.54) is 4.90 Å². The van der Waals surface area contributed by atoms with E-state index < -0.39 is 21.7 Å². The van der Waals surface area contributed by atoms with Gasteiger partial charge in [0, 0.05) is 32.1 Å². The van der Waals surface area contributed by atoms with Crippen molar-refractivity contribution in [2.45, 2.75) is 25.2 Å². The molecule has 1 aliphatic rings. The van der Waals surface area contributed by atoms with Crippen LogP contribution in [-0.4, -0.2) is 62.2 Å². The molecular weight excluding hydrogens is 380 g/mol. The van der Waals surface area contributed by atoms with Crippen LogP contribution in [0.3, 0.4) is 0 Å². The monoisotopic (exact) mass is 403 g/mol. The van der Waals surface area contributed by atoms with Crippen LogP contribution in [0.4, 0.5) is 8.78 Å². The molecule has 0 spiro atoms. The Labute approximate surface area is 157 Å². The second kappa shape index (κ2) is 8.75. The van der Waals surface area contributed by atoms with Gasteiger partial charge in [-0.3, -0.25) is 9.59 Å².